The molecule has 0 aliphatic heterocycles. The predicted molar refractivity (Wildman–Crippen MR) is 95.7 cm³/mol. The van der Waals surface area contributed by atoms with E-state index in [0.29, 0.717) is 23.8 Å². The molecule has 7 nitrogen and oxygen atoms in total. The van der Waals surface area contributed by atoms with Crippen LogP contribution in [0.5, 0.6) is 11.5 Å². The summed E-state index contributed by atoms with van der Waals surface area (Å²) in [5.41, 5.74) is 1.74. The van der Waals surface area contributed by atoms with E-state index in [1.807, 2.05) is 19.1 Å². The van der Waals surface area contributed by atoms with Crippen molar-refractivity contribution in [1.29, 1.82) is 0 Å². The summed E-state index contributed by atoms with van der Waals surface area (Å²) in [4.78, 5) is 11.9. The maximum Gasteiger partial charge on any atom is 0.311 e. The summed E-state index contributed by atoms with van der Waals surface area (Å²) in [5, 5.41) is 11.6. The van der Waals surface area contributed by atoms with E-state index in [2.05, 4.69) is 15.5 Å². The van der Waals surface area contributed by atoms with Gasteiger partial charge in [-0.3, -0.25) is 4.79 Å². The topological polar surface area (TPSA) is 79.1 Å². The van der Waals surface area contributed by atoms with Gasteiger partial charge in [0.15, 0.2) is 0 Å². The molecule has 0 bridgehead atoms. The van der Waals surface area contributed by atoms with E-state index < -0.39 is 0 Å². The Morgan fingerprint density at radius 1 is 1.19 bits per heavy atom. The number of aromatic nitrogens is 4. The number of aryl methyl sites for hydroxylation is 1. The highest BCUT2D eigenvalue weighted by Crippen LogP contribution is 2.22. The summed E-state index contributed by atoms with van der Waals surface area (Å²) < 4.78 is 12.5. The summed E-state index contributed by atoms with van der Waals surface area (Å²) in [5.74, 6) is 0.929. The Balaban J connectivity index is 1.42. The summed E-state index contributed by atoms with van der Waals surface area (Å²) in [7, 11) is 0. The first kappa shape index (κ1) is 17.9. The normalized spacial score (nSPS) is 10.5. The number of carbonyl (C=O) groups excluding carboxylic acids is 1. The lowest BCUT2D eigenvalue weighted by molar-refractivity contribution is -0.134. The number of halogens is 1. The third-order valence-electron chi connectivity index (χ3n) is 3.60. The zero-order valence-electron chi connectivity index (χ0n) is 14.1. The quantitative estimate of drug-likeness (QED) is 0.359. The van der Waals surface area contributed by atoms with Gasteiger partial charge in [-0.25, -0.2) is 4.68 Å². The zero-order valence-corrected chi connectivity index (χ0v) is 14.9. The highest BCUT2D eigenvalue weighted by atomic mass is 35.5. The van der Waals surface area contributed by atoms with E-state index >= 15 is 0 Å². The van der Waals surface area contributed by atoms with Gasteiger partial charge in [0, 0.05) is 11.4 Å². The standard InChI is InChI=1S/C18H17ClN4O3/c1-13-11-14(19)4-9-17(13)25-10-2-3-18(24)26-16-7-5-15(6-8-16)23-12-20-21-22-23/h4-9,11-12H,2-3,10H2,1H3. The predicted octanol–water partition coefficient (Wildman–Crippen LogP) is 3.39. The molecule has 3 aromatic rings. The number of benzene rings is 2. The van der Waals surface area contributed by atoms with Crippen LogP contribution in [0.25, 0.3) is 5.69 Å². The first-order valence-corrected chi connectivity index (χ1v) is 8.43. The van der Waals surface area contributed by atoms with E-state index in [4.69, 9.17) is 21.1 Å². The van der Waals surface area contributed by atoms with E-state index in [-0.39, 0.29) is 12.4 Å². The van der Waals surface area contributed by atoms with Crippen LogP contribution in [0.1, 0.15) is 18.4 Å². The van der Waals surface area contributed by atoms with Crippen molar-refractivity contribution in [3.05, 3.63) is 59.4 Å². The van der Waals surface area contributed by atoms with Crippen LogP contribution in [0.2, 0.25) is 5.02 Å². The Kier molecular flexibility index (Phi) is 5.80. The van der Waals surface area contributed by atoms with Gasteiger partial charge in [0.05, 0.1) is 12.3 Å². The second-order valence-corrected chi connectivity index (χ2v) is 6.02. The van der Waals surface area contributed by atoms with Gasteiger partial charge in [0.2, 0.25) is 0 Å². The molecule has 0 unspecified atom stereocenters. The molecular formula is C18H17ClN4O3. The average molecular weight is 373 g/mol. The monoisotopic (exact) mass is 372 g/mol. The molecule has 0 saturated heterocycles. The molecule has 0 aliphatic rings. The van der Waals surface area contributed by atoms with E-state index in [1.165, 1.54) is 11.0 Å². The maximum atomic E-state index is 11.9. The van der Waals surface area contributed by atoms with E-state index in [9.17, 15) is 4.79 Å². The summed E-state index contributed by atoms with van der Waals surface area (Å²) >= 11 is 5.91. The molecular weight excluding hydrogens is 356 g/mol. The number of nitrogens with zero attached hydrogens (tertiary/aromatic N) is 4. The van der Waals surface area contributed by atoms with Crippen LogP contribution in [0.4, 0.5) is 0 Å². The highest BCUT2D eigenvalue weighted by molar-refractivity contribution is 6.30. The van der Waals surface area contributed by atoms with Crippen LogP contribution in [-0.2, 0) is 4.79 Å². The molecule has 0 amide bonds. The van der Waals surface area contributed by atoms with Crippen molar-refractivity contribution in [1.82, 2.24) is 20.2 Å². The van der Waals surface area contributed by atoms with Crippen LogP contribution in [-0.4, -0.2) is 32.8 Å². The average Bonchev–Trinajstić information content (AvgIpc) is 3.15. The molecule has 0 spiro atoms. The summed E-state index contributed by atoms with van der Waals surface area (Å²) in [6.07, 6.45) is 2.31. The van der Waals surface area contributed by atoms with Gasteiger partial charge in [0.25, 0.3) is 0 Å². The Hall–Kier alpha value is -2.93. The lowest BCUT2D eigenvalue weighted by atomic mass is 10.2. The van der Waals surface area contributed by atoms with E-state index in [0.717, 1.165) is 17.0 Å². The van der Waals surface area contributed by atoms with Crippen molar-refractivity contribution in [2.24, 2.45) is 0 Å². The molecule has 0 aliphatic carbocycles. The number of esters is 1. The summed E-state index contributed by atoms with van der Waals surface area (Å²) in [6.45, 7) is 2.35. The fraction of sp³-hybridized carbons (Fsp3) is 0.222. The fourth-order valence-corrected chi connectivity index (χ4v) is 2.53. The Morgan fingerprint density at radius 2 is 2.00 bits per heavy atom. The van der Waals surface area contributed by atoms with Gasteiger partial charge in [-0.15, -0.1) is 5.10 Å². The smallest absolute Gasteiger partial charge is 0.311 e. The van der Waals surface area contributed by atoms with E-state index in [1.54, 1.807) is 30.3 Å². The zero-order chi connectivity index (χ0) is 18.4. The third-order valence-corrected chi connectivity index (χ3v) is 3.84. The maximum absolute atomic E-state index is 11.9. The molecule has 0 radical (unpaired) electrons. The van der Waals surface area contributed by atoms with Crippen LogP contribution >= 0.6 is 11.6 Å². The number of ether oxygens (including phenoxy) is 2. The lowest BCUT2D eigenvalue weighted by Crippen LogP contribution is -2.10. The Bertz CT molecular complexity index is 867. The molecule has 0 N–H and O–H groups in total. The van der Waals surface area contributed by atoms with Crippen LogP contribution in [0.3, 0.4) is 0 Å². The Labute approximate surface area is 155 Å². The third kappa shape index (κ3) is 4.80. The van der Waals surface area contributed by atoms with Gasteiger partial charge in [-0.2, -0.15) is 0 Å². The molecule has 26 heavy (non-hydrogen) atoms. The Morgan fingerprint density at radius 3 is 2.69 bits per heavy atom. The largest absolute Gasteiger partial charge is 0.493 e. The van der Waals surface area contributed by atoms with Gasteiger partial charge in [0.1, 0.15) is 17.8 Å². The molecule has 2 aromatic carbocycles. The SMILES string of the molecule is Cc1cc(Cl)ccc1OCCCC(=O)Oc1ccc(-n2cnnn2)cc1. The van der Waals surface area contributed by atoms with Crippen molar-refractivity contribution < 1.29 is 14.3 Å². The molecule has 8 heteroatoms. The van der Waals surface area contributed by atoms with Gasteiger partial charge in [-0.1, -0.05) is 11.6 Å². The number of hydrogen-bond acceptors (Lipinski definition) is 6. The number of rotatable bonds is 7. The second-order valence-electron chi connectivity index (χ2n) is 5.58. The number of carbonyl (C=O) groups is 1. The van der Waals surface area contributed by atoms with Crippen molar-refractivity contribution in [2.75, 3.05) is 6.61 Å². The number of hydrogen-bond donors (Lipinski definition) is 0. The first-order valence-electron chi connectivity index (χ1n) is 8.05. The molecule has 3 rings (SSSR count). The minimum Gasteiger partial charge on any atom is -0.493 e. The minimum atomic E-state index is -0.309. The van der Waals surface area contributed by atoms with Crippen molar-refractivity contribution >= 4 is 17.6 Å². The highest BCUT2D eigenvalue weighted by Gasteiger charge is 2.07. The molecule has 1 aromatic heterocycles. The first-order chi connectivity index (χ1) is 12.6. The second kappa shape index (κ2) is 8.44. The van der Waals surface area contributed by atoms with Crippen molar-refractivity contribution in [2.45, 2.75) is 19.8 Å². The van der Waals surface area contributed by atoms with Crippen molar-refractivity contribution in [3.63, 3.8) is 0 Å². The van der Waals surface area contributed by atoms with Gasteiger partial charge in [-0.05, 0) is 71.8 Å². The van der Waals surface area contributed by atoms with Crippen molar-refractivity contribution in [3.8, 4) is 17.2 Å². The van der Waals surface area contributed by atoms with Crippen LogP contribution in [0.15, 0.2) is 48.8 Å². The molecule has 1 heterocycles. The van der Waals surface area contributed by atoms with Gasteiger partial charge >= 0.3 is 5.97 Å². The molecule has 0 atom stereocenters. The minimum absolute atomic E-state index is 0.265. The molecule has 0 saturated carbocycles. The van der Waals surface area contributed by atoms with Crippen LogP contribution in [0, 0.1) is 6.92 Å². The fourth-order valence-electron chi connectivity index (χ4n) is 2.30. The molecule has 0 fully saturated rings. The summed E-state index contributed by atoms with van der Waals surface area (Å²) in [6, 6.07) is 12.4. The number of tetrazole rings is 1. The van der Waals surface area contributed by atoms with Gasteiger partial charge < -0.3 is 9.47 Å². The van der Waals surface area contributed by atoms with Crippen LogP contribution < -0.4 is 9.47 Å². The molecule has 134 valence electrons. The lowest BCUT2D eigenvalue weighted by Gasteiger charge is -2.09.